The number of fused-ring (bicyclic) bond motifs is 1. The van der Waals surface area contributed by atoms with Gasteiger partial charge in [0.05, 0.1) is 4.92 Å². The number of ether oxygens (including phenoxy) is 1. The van der Waals surface area contributed by atoms with Crippen molar-refractivity contribution in [2.24, 2.45) is 0 Å². The number of rotatable bonds is 1. The topological polar surface area (TPSA) is 72.7 Å². The molecule has 0 saturated carbocycles. The smallest absolute Gasteiger partial charge is 0.410 e. The molecule has 1 aliphatic heterocycles. The van der Waals surface area contributed by atoms with Crippen LogP contribution in [0, 0.1) is 17.0 Å². The van der Waals surface area contributed by atoms with E-state index in [0.29, 0.717) is 25.1 Å². The highest BCUT2D eigenvalue weighted by molar-refractivity contribution is 5.69. The molecule has 0 N–H and O–H groups in total. The van der Waals surface area contributed by atoms with Crippen molar-refractivity contribution >= 4 is 11.8 Å². The Balaban J connectivity index is 2.24. The van der Waals surface area contributed by atoms with Crippen LogP contribution in [0.4, 0.5) is 10.5 Å². The van der Waals surface area contributed by atoms with E-state index in [-0.39, 0.29) is 16.7 Å². The van der Waals surface area contributed by atoms with E-state index in [4.69, 9.17) is 4.74 Å². The molecule has 0 spiro atoms. The number of carbonyl (C=O) groups is 1. The molecular weight excluding hydrogens is 272 g/mol. The summed E-state index contributed by atoms with van der Waals surface area (Å²) >= 11 is 0. The average molecular weight is 292 g/mol. The van der Waals surface area contributed by atoms with Crippen LogP contribution in [0.5, 0.6) is 0 Å². The van der Waals surface area contributed by atoms with E-state index in [1.165, 1.54) is 0 Å². The van der Waals surface area contributed by atoms with Crippen molar-refractivity contribution in [1.29, 1.82) is 0 Å². The van der Waals surface area contributed by atoms with E-state index >= 15 is 0 Å². The van der Waals surface area contributed by atoms with Crippen molar-refractivity contribution in [1.82, 2.24) is 4.90 Å². The fourth-order valence-corrected chi connectivity index (χ4v) is 2.49. The Morgan fingerprint density at radius 3 is 2.62 bits per heavy atom. The first-order valence-electron chi connectivity index (χ1n) is 6.92. The fourth-order valence-electron chi connectivity index (χ4n) is 2.49. The van der Waals surface area contributed by atoms with E-state index in [0.717, 1.165) is 11.1 Å². The number of nitro groups is 1. The number of benzene rings is 1. The maximum absolute atomic E-state index is 12.1. The van der Waals surface area contributed by atoms with Crippen LogP contribution in [0.3, 0.4) is 0 Å². The molecule has 0 fully saturated rings. The predicted molar refractivity (Wildman–Crippen MR) is 78.2 cm³/mol. The van der Waals surface area contributed by atoms with Crippen LogP contribution in [-0.2, 0) is 17.7 Å². The Morgan fingerprint density at radius 1 is 1.38 bits per heavy atom. The molecule has 0 atom stereocenters. The molecule has 1 aliphatic rings. The fraction of sp³-hybridized carbons (Fsp3) is 0.533. The minimum absolute atomic E-state index is 0.177. The minimum Gasteiger partial charge on any atom is -0.444 e. The average Bonchev–Trinajstić information content (AvgIpc) is 2.35. The summed E-state index contributed by atoms with van der Waals surface area (Å²) in [5.41, 5.74) is 1.85. The summed E-state index contributed by atoms with van der Waals surface area (Å²) in [7, 11) is 0. The van der Waals surface area contributed by atoms with Crippen LogP contribution in [0.1, 0.15) is 37.5 Å². The quantitative estimate of drug-likeness (QED) is 0.588. The molecule has 0 aromatic heterocycles. The lowest BCUT2D eigenvalue weighted by Gasteiger charge is -2.31. The van der Waals surface area contributed by atoms with Gasteiger partial charge in [0, 0.05) is 24.2 Å². The third kappa shape index (κ3) is 3.32. The Labute approximate surface area is 123 Å². The first-order valence-corrected chi connectivity index (χ1v) is 6.92. The van der Waals surface area contributed by atoms with Gasteiger partial charge in [-0.15, -0.1) is 0 Å². The maximum atomic E-state index is 12.1. The second kappa shape index (κ2) is 5.35. The van der Waals surface area contributed by atoms with Gasteiger partial charge in [0.2, 0.25) is 0 Å². The molecule has 114 valence electrons. The number of hydrogen-bond donors (Lipinski definition) is 0. The van der Waals surface area contributed by atoms with E-state index in [9.17, 15) is 14.9 Å². The Hall–Kier alpha value is -2.11. The van der Waals surface area contributed by atoms with Gasteiger partial charge in [0.25, 0.3) is 5.69 Å². The minimum atomic E-state index is -0.545. The molecule has 1 aromatic carbocycles. The summed E-state index contributed by atoms with van der Waals surface area (Å²) in [4.78, 5) is 24.5. The number of nitro benzene ring substituents is 1. The summed E-state index contributed by atoms with van der Waals surface area (Å²) in [6.07, 6.45) is 0.100. The predicted octanol–water partition coefficient (Wildman–Crippen LogP) is 3.20. The molecule has 1 heterocycles. The summed E-state index contributed by atoms with van der Waals surface area (Å²) < 4.78 is 5.35. The maximum Gasteiger partial charge on any atom is 0.410 e. The van der Waals surface area contributed by atoms with Crippen molar-refractivity contribution in [2.45, 2.75) is 46.3 Å². The Morgan fingerprint density at radius 2 is 2.05 bits per heavy atom. The Bertz CT molecular complexity index is 590. The summed E-state index contributed by atoms with van der Waals surface area (Å²) in [5, 5.41) is 11.2. The zero-order chi connectivity index (χ0) is 15.8. The number of hydrogen-bond acceptors (Lipinski definition) is 4. The van der Waals surface area contributed by atoms with Crippen LogP contribution >= 0.6 is 0 Å². The molecule has 21 heavy (non-hydrogen) atoms. The van der Waals surface area contributed by atoms with Crippen molar-refractivity contribution in [3.63, 3.8) is 0 Å². The van der Waals surface area contributed by atoms with Gasteiger partial charge in [-0.3, -0.25) is 10.1 Å². The molecule has 0 aliphatic carbocycles. The molecule has 1 aromatic rings. The SMILES string of the molecule is Cc1ccc2c(c1[N+](=O)[O-])CCN(C(=O)OC(C)(C)C)C2. The normalized spacial score (nSPS) is 14.6. The number of nitrogens with zero attached hydrogens (tertiary/aromatic N) is 2. The van der Waals surface area contributed by atoms with Crippen molar-refractivity contribution in [2.75, 3.05) is 6.54 Å². The van der Waals surface area contributed by atoms with Gasteiger partial charge in [-0.1, -0.05) is 12.1 Å². The molecule has 6 nitrogen and oxygen atoms in total. The zero-order valence-corrected chi connectivity index (χ0v) is 12.8. The van der Waals surface area contributed by atoms with Crippen LogP contribution in [0.25, 0.3) is 0 Å². The molecule has 0 unspecified atom stereocenters. The number of amides is 1. The second-order valence-corrected chi connectivity index (χ2v) is 6.28. The first kappa shape index (κ1) is 15.3. The highest BCUT2D eigenvalue weighted by atomic mass is 16.6. The van der Waals surface area contributed by atoms with Gasteiger partial charge in [-0.05, 0) is 39.7 Å². The van der Waals surface area contributed by atoms with Gasteiger partial charge in [0.1, 0.15) is 5.60 Å². The van der Waals surface area contributed by atoms with E-state index < -0.39 is 5.60 Å². The van der Waals surface area contributed by atoms with Crippen LogP contribution in [-0.4, -0.2) is 28.1 Å². The molecule has 0 saturated heterocycles. The highest BCUT2D eigenvalue weighted by Gasteiger charge is 2.30. The van der Waals surface area contributed by atoms with Crippen molar-refractivity contribution in [3.05, 3.63) is 38.9 Å². The zero-order valence-electron chi connectivity index (χ0n) is 12.8. The van der Waals surface area contributed by atoms with Gasteiger partial charge in [-0.2, -0.15) is 0 Å². The number of aryl methyl sites for hydroxylation is 1. The molecule has 0 radical (unpaired) electrons. The van der Waals surface area contributed by atoms with Gasteiger partial charge in [0.15, 0.2) is 0 Å². The second-order valence-electron chi connectivity index (χ2n) is 6.28. The largest absolute Gasteiger partial charge is 0.444 e. The molecule has 2 rings (SSSR count). The standard InChI is InChI=1S/C15H20N2O4/c1-10-5-6-11-9-16(14(18)21-15(2,3)4)8-7-12(11)13(10)17(19)20/h5-6H,7-9H2,1-4H3. The van der Waals surface area contributed by atoms with Crippen molar-refractivity contribution < 1.29 is 14.5 Å². The highest BCUT2D eigenvalue weighted by Crippen LogP contribution is 2.31. The third-order valence-corrected chi connectivity index (χ3v) is 3.41. The Kier molecular flexibility index (Phi) is 3.89. The van der Waals surface area contributed by atoms with Gasteiger partial charge < -0.3 is 9.64 Å². The monoisotopic (exact) mass is 292 g/mol. The summed E-state index contributed by atoms with van der Waals surface area (Å²) in [5.74, 6) is 0. The lowest BCUT2D eigenvalue weighted by atomic mass is 9.95. The van der Waals surface area contributed by atoms with E-state index in [1.807, 2.05) is 26.8 Å². The summed E-state index contributed by atoms with van der Waals surface area (Å²) in [6.45, 7) is 7.97. The molecule has 0 bridgehead atoms. The van der Waals surface area contributed by atoms with Crippen LogP contribution in [0.2, 0.25) is 0 Å². The van der Waals surface area contributed by atoms with Crippen molar-refractivity contribution in [3.8, 4) is 0 Å². The number of carbonyl (C=O) groups excluding carboxylic acids is 1. The molecule has 6 heteroatoms. The van der Waals surface area contributed by atoms with E-state index in [2.05, 4.69) is 0 Å². The first-order chi connectivity index (χ1) is 9.69. The third-order valence-electron chi connectivity index (χ3n) is 3.41. The van der Waals surface area contributed by atoms with Gasteiger partial charge >= 0.3 is 6.09 Å². The summed E-state index contributed by atoms with van der Waals surface area (Å²) in [6, 6.07) is 3.59. The van der Waals surface area contributed by atoms with Gasteiger partial charge in [-0.25, -0.2) is 4.79 Å². The van der Waals surface area contributed by atoms with Crippen LogP contribution < -0.4 is 0 Å². The lowest BCUT2D eigenvalue weighted by Crippen LogP contribution is -2.40. The lowest BCUT2D eigenvalue weighted by molar-refractivity contribution is -0.386. The molecular formula is C15H20N2O4. The van der Waals surface area contributed by atoms with Crippen LogP contribution in [0.15, 0.2) is 12.1 Å². The molecule has 1 amide bonds. The van der Waals surface area contributed by atoms with E-state index in [1.54, 1.807) is 17.9 Å².